The quantitative estimate of drug-likeness (QED) is 0.378. The van der Waals surface area contributed by atoms with Crippen LogP contribution in [0.3, 0.4) is 0 Å². The Morgan fingerprint density at radius 3 is 2.31 bits per heavy atom. The number of carbonyl (C=O) groups is 3. The third-order valence-electron chi connectivity index (χ3n) is 7.04. The zero-order valence-electron chi connectivity index (χ0n) is 20.1. The van der Waals surface area contributed by atoms with Crippen molar-refractivity contribution in [1.29, 1.82) is 0 Å². The van der Waals surface area contributed by atoms with E-state index < -0.39 is 23.3 Å². The number of Topliss-reactive ketones (excluding diaryl/α,β-unsaturated/α-hetero) is 1. The van der Waals surface area contributed by atoms with E-state index >= 15 is 0 Å². The fourth-order valence-corrected chi connectivity index (χ4v) is 5.78. The molecule has 0 bridgehead atoms. The topological polar surface area (TPSA) is 108 Å². The zero-order chi connectivity index (χ0) is 25.9. The fraction of sp³-hybridized carbons (Fsp3) is 0.407. The van der Waals surface area contributed by atoms with E-state index in [1.165, 1.54) is 12.4 Å². The molecule has 36 heavy (non-hydrogen) atoms. The number of carboxylic acid groups (broad SMARTS) is 1. The predicted octanol–water partition coefficient (Wildman–Crippen LogP) is 5.81. The third-order valence-corrected chi connectivity index (χ3v) is 7.62. The van der Waals surface area contributed by atoms with Gasteiger partial charge in [0.15, 0.2) is 5.78 Å². The Labute approximate surface area is 220 Å². The molecule has 3 N–H and O–H groups in total. The Hall–Kier alpha value is -2.90. The molecular weight excluding hydrogens is 501 g/mol. The van der Waals surface area contributed by atoms with Gasteiger partial charge < -0.3 is 15.7 Å². The van der Waals surface area contributed by atoms with Crippen LogP contribution in [0.5, 0.6) is 0 Å². The summed E-state index contributed by atoms with van der Waals surface area (Å²) in [5.41, 5.74) is 2.52. The highest BCUT2D eigenvalue weighted by molar-refractivity contribution is 6.40. The van der Waals surface area contributed by atoms with Gasteiger partial charge in [0.2, 0.25) is 0 Å². The van der Waals surface area contributed by atoms with Crippen LogP contribution in [0.15, 0.2) is 47.9 Å². The molecule has 1 heterocycles. The minimum Gasteiger partial charge on any atom is -0.480 e. The Balaban J connectivity index is 1.47. The van der Waals surface area contributed by atoms with Gasteiger partial charge in [-0.3, -0.25) is 14.6 Å². The van der Waals surface area contributed by atoms with Crippen LogP contribution < -0.4 is 10.6 Å². The molecule has 1 atom stereocenters. The number of allylic oxidation sites excluding steroid dienone is 2. The van der Waals surface area contributed by atoms with E-state index in [0.29, 0.717) is 12.1 Å². The molecule has 1 fully saturated rings. The predicted molar refractivity (Wildman–Crippen MR) is 139 cm³/mol. The number of aliphatic carboxylic acids is 1. The summed E-state index contributed by atoms with van der Waals surface area (Å²) in [6.07, 6.45) is 9.07. The van der Waals surface area contributed by atoms with Gasteiger partial charge in [0.1, 0.15) is 6.04 Å². The lowest BCUT2D eigenvalue weighted by Crippen LogP contribution is -2.54. The normalized spacial score (nSPS) is 17.5. The molecule has 2 aliphatic carbocycles. The molecule has 1 amide bonds. The Morgan fingerprint density at radius 1 is 1.08 bits per heavy atom. The summed E-state index contributed by atoms with van der Waals surface area (Å²) < 4.78 is 0. The van der Waals surface area contributed by atoms with Crippen molar-refractivity contribution in [2.24, 2.45) is 5.41 Å². The van der Waals surface area contributed by atoms with Crippen molar-refractivity contribution in [2.75, 3.05) is 5.32 Å². The summed E-state index contributed by atoms with van der Waals surface area (Å²) in [6.45, 7) is 2.02. The molecule has 1 spiro atoms. The summed E-state index contributed by atoms with van der Waals surface area (Å²) in [5, 5.41) is 16.3. The monoisotopic (exact) mass is 529 g/mol. The van der Waals surface area contributed by atoms with Gasteiger partial charge >= 0.3 is 5.97 Å². The lowest BCUT2D eigenvalue weighted by molar-refractivity contribution is -0.140. The molecule has 1 unspecified atom stereocenters. The number of nitrogens with zero attached hydrogens (tertiary/aromatic N) is 1. The van der Waals surface area contributed by atoms with E-state index in [4.69, 9.17) is 23.2 Å². The Kier molecular flexibility index (Phi) is 8.00. The van der Waals surface area contributed by atoms with E-state index in [2.05, 4.69) is 15.6 Å². The molecular formula is C27H29Cl2N3O4. The van der Waals surface area contributed by atoms with Crippen molar-refractivity contribution < 1.29 is 19.5 Å². The van der Waals surface area contributed by atoms with Crippen LogP contribution in [0.2, 0.25) is 10.0 Å². The summed E-state index contributed by atoms with van der Waals surface area (Å²) in [7, 11) is 0. The maximum absolute atomic E-state index is 13.0. The first-order valence-electron chi connectivity index (χ1n) is 12.2. The van der Waals surface area contributed by atoms with Crippen LogP contribution in [0, 0.1) is 5.41 Å². The standard InChI is InChI=1S/C27H29Cl2N3O4/c1-2-6-18-23(27(24(18)33)11-4-3-5-12-27)32-21(26(35)36)13-16-7-9-17(10-8-16)31-25(34)22-19(28)14-30-15-20(22)29/h7-10,14-15,21,32H,2-6,11-13H2,1H3,(H,31,34)(H,35,36). The van der Waals surface area contributed by atoms with Gasteiger partial charge in [0, 0.05) is 35.8 Å². The first kappa shape index (κ1) is 26.2. The van der Waals surface area contributed by atoms with Crippen LogP contribution in [0.1, 0.15) is 67.8 Å². The highest BCUT2D eigenvalue weighted by Crippen LogP contribution is 2.52. The molecule has 2 aromatic rings. The number of pyridine rings is 1. The van der Waals surface area contributed by atoms with Crippen molar-refractivity contribution in [1.82, 2.24) is 10.3 Å². The number of anilines is 1. The number of aromatic nitrogens is 1. The summed E-state index contributed by atoms with van der Waals surface area (Å²) >= 11 is 12.1. The zero-order valence-corrected chi connectivity index (χ0v) is 21.6. The second-order valence-electron chi connectivity index (χ2n) is 9.44. The average molecular weight is 530 g/mol. The number of nitrogens with one attached hydrogen (secondary N) is 2. The number of ketones is 1. The molecule has 190 valence electrons. The average Bonchev–Trinajstić information content (AvgIpc) is 2.86. The first-order chi connectivity index (χ1) is 17.3. The highest BCUT2D eigenvalue weighted by Gasteiger charge is 2.53. The maximum Gasteiger partial charge on any atom is 0.326 e. The van der Waals surface area contributed by atoms with Gasteiger partial charge in [-0.2, -0.15) is 0 Å². The van der Waals surface area contributed by atoms with E-state index in [-0.39, 0.29) is 27.8 Å². The number of benzene rings is 1. The molecule has 7 nitrogen and oxygen atoms in total. The molecule has 4 rings (SSSR count). The van der Waals surface area contributed by atoms with Crippen LogP contribution in [0.4, 0.5) is 5.69 Å². The first-order valence-corrected chi connectivity index (χ1v) is 13.0. The number of hydrogen-bond acceptors (Lipinski definition) is 5. The van der Waals surface area contributed by atoms with Crippen LogP contribution >= 0.6 is 23.2 Å². The summed E-state index contributed by atoms with van der Waals surface area (Å²) in [6, 6.07) is 6.08. The Morgan fingerprint density at radius 2 is 1.72 bits per heavy atom. The smallest absolute Gasteiger partial charge is 0.326 e. The highest BCUT2D eigenvalue weighted by atomic mass is 35.5. The van der Waals surface area contributed by atoms with Crippen LogP contribution in [-0.4, -0.2) is 33.8 Å². The molecule has 1 saturated carbocycles. The van der Waals surface area contributed by atoms with Crippen molar-refractivity contribution in [3.63, 3.8) is 0 Å². The molecule has 0 saturated heterocycles. The number of rotatable bonds is 9. The molecule has 1 aromatic heterocycles. The summed E-state index contributed by atoms with van der Waals surface area (Å²) in [4.78, 5) is 41.6. The van der Waals surface area contributed by atoms with Crippen molar-refractivity contribution in [3.05, 3.63) is 69.1 Å². The van der Waals surface area contributed by atoms with Crippen molar-refractivity contribution >= 4 is 46.5 Å². The molecule has 0 radical (unpaired) electrons. The SMILES string of the molecule is CCCC1=C(NC(Cc2ccc(NC(=O)c3c(Cl)cncc3Cl)cc2)C(=O)O)C2(CCCCC2)C1=O. The van der Waals surface area contributed by atoms with Gasteiger partial charge in [0.25, 0.3) is 5.91 Å². The summed E-state index contributed by atoms with van der Waals surface area (Å²) in [5.74, 6) is -1.23. The lowest BCUT2D eigenvalue weighted by Gasteiger charge is -2.48. The van der Waals surface area contributed by atoms with Crippen molar-refractivity contribution in [2.45, 2.75) is 64.3 Å². The fourth-order valence-electron chi connectivity index (χ4n) is 5.24. The number of carboxylic acids is 1. The number of amides is 1. The molecule has 0 aliphatic heterocycles. The lowest BCUT2D eigenvalue weighted by atomic mass is 9.58. The van der Waals surface area contributed by atoms with E-state index in [9.17, 15) is 19.5 Å². The molecule has 2 aliphatic rings. The second-order valence-corrected chi connectivity index (χ2v) is 10.3. The van der Waals surface area contributed by atoms with Gasteiger partial charge in [-0.05, 0) is 37.0 Å². The van der Waals surface area contributed by atoms with Crippen LogP contribution in [0.25, 0.3) is 0 Å². The number of halogens is 2. The molecule has 9 heteroatoms. The second kappa shape index (κ2) is 11.0. The minimum absolute atomic E-state index is 0.135. The molecule has 1 aromatic carbocycles. The maximum atomic E-state index is 13.0. The van der Waals surface area contributed by atoms with Crippen LogP contribution in [-0.2, 0) is 16.0 Å². The Bertz CT molecular complexity index is 1180. The number of carbonyl (C=O) groups excluding carboxylic acids is 2. The van der Waals surface area contributed by atoms with E-state index in [0.717, 1.165) is 55.4 Å². The van der Waals surface area contributed by atoms with Gasteiger partial charge in [-0.1, -0.05) is 67.9 Å². The third kappa shape index (κ3) is 5.13. The van der Waals surface area contributed by atoms with Gasteiger partial charge in [0.05, 0.1) is 21.0 Å². The van der Waals surface area contributed by atoms with E-state index in [1.807, 2.05) is 6.92 Å². The number of hydrogen-bond donors (Lipinski definition) is 3. The largest absolute Gasteiger partial charge is 0.480 e. The van der Waals surface area contributed by atoms with Gasteiger partial charge in [-0.15, -0.1) is 0 Å². The minimum atomic E-state index is -0.969. The van der Waals surface area contributed by atoms with Gasteiger partial charge in [-0.25, -0.2) is 4.79 Å². The van der Waals surface area contributed by atoms with Crippen molar-refractivity contribution in [3.8, 4) is 0 Å². The van der Waals surface area contributed by atoms with E-state index in [1.54, 1.807) is 24.3 Å².